The van der Waals surface area contributed by atoms with Gasteiger partial charge in [-0.05, 0) is 35.8 Å². The number of carbonyl (C=O) groups is 1. The first-order valence-corrected chi connectivity index (χ1v) is 8.79. The minimum Gasteiger partial charge on any atom is -0.454 e. The van der Waals surface area contributed by atoms with Crippen molar-refractivity contribution in [3.8, 4) is 11.5 Å². The molecular formula is C19H25ClN2O3. The fraction of sp³-hybridized carbons (Fsp3) is 0.526. The Hall–Kier alpha value is -1.72. The Labute approximate surface area is 154 Å². The van der Waals surface area contributed by atoms with E-state index in [0.29, 0.717) is 19.3 Å². The Morgan fingerprint density at radius 1 is 1.28 bits per heavy atom. The standard InChI is InChI=1S/C19H24N2O3.ClH/c1-3-18(22)20(2)14-6-8-21(9-7-14)11-13-10-16-15(13)4-5-17-19(16)24-12-23-17;/h4-5,10,14H,3,6-9,11-12H2,1-2H3;1H. The summed E-state index contributed by atoms with van der Waals surface area (Å²) in [6.45, 7) is 5.32. The highest BCUT2D eigenvalue weighted by molar-refractivity contribution is 5.85. The molecule has 0 radical (unpaired) electrons. The monoisotopic (exact) mass is 364 g/mol. The number of ether oxygens (including phenoxy) is 2. The molecule has 0 atom stereocenters. The van der Waals surface area contributed by atoms with E-state index in [1.165, 1.54) is 16.0 Å². The lowest BCUT2D eigenvalue weighted by atomic mass is 9.96. The van der Waals surface area contributed by atoms with Crippen LogP contribution in [-0.4, -0.2) is 55.2 Å². The van der Waals surface area contributed by atoms with Crippen LogP contribution in [-0.2, 0) is 4.79 Å². The number of piperidine rings is 1. The summed E-state index contributed by atoms with van der Waals surface area (Å²) in [4.78, 5) is 16.3. The summed E-state index contributed by atoms with van der Waals surface area (Å²) in [5.41, 5.74) is 1.37. The lowest BCUT2D eigenvalue weighted by Crippen LogP contribution is -2.47. The van der Waals surface area contributed by atoms with Gasteiger partial charge in [-0.15, -0.1) is 12.4 Å². The van der Waals surface area contributed by atoms with Gasteiger partial charge in [0.2, 0.25) is 12.7 Å². The number of nitrogens with zero attached hydrogens (tertiary/aromatic N) is 2. The minimum atomic E-state index is 0. The van der Waals surface area contributed by atoms with Crippen LogP contribution in [0.4, 0.5) is 0 Å². The zero-order valence-electron chi connectivity index (χ0n) is 14.8. The third-order valence-electron chi connectivity index (χ3n) is 5.44. The topological polar surface area (TPSA) is 42.0 Å². The van der Waals surface area contributed by atoms with Crippen molar-refractivity contribution in [3.05, 3.63) is 22.6 Å². The van der Waals surface area contributed by atoms with Crippen LogP contribution >= 0.6 is 12.4 Å². The molecule has 2 aliphatic heterocycles. The van der Waals surface area contributed by atoms with E-state index in [2.05, 4.69) is 17.0 Å². The zero-order valence-corrected chi connectivity index (χ0v) is 15.6. The maximum absolute atomic E-state index is 11.8. The van der Waals surface area contributed by atoms with Crippen molar-refractivity contribution in [2.75, 3.05) is 33.5 Å². The molecule has 3 aliphatic rings. The average Bonchev–Trinajstić information content (AvgIpc) is 3.06. The Morgan fingerprint density at radius 2 is 2.04 bits per heavy atom. The van der Waals surface area contributed by atoms with Crippen LogP contribution in [0, 0.1) is 0 Å². The maximum atomic E-state index is 11.8. The van der Waals surface area contributed by atoms with Crippen molar-refractivity contribution in [2.45, 2.75) is 32.2 Å². The number of amides is 1. The van der Waals surface area contributed by atoms with E-state index < -0.39 is 0 Å². The van der Waals surface area contributed by atoms with E-state index in [-0.39, 0.29) is 18.3 Å². The van der Waals surface area contributed by atoms with E-state index in [4.69, 9.17) is 9.47 Å². The van der Waals surface area contributed by atoms with Gasteiger partial charge in [0.1, 0.15) is 0 Å². The Morgan fingerprint density at radius 3 is 2.76 bits per heavy atom. The first-order chi connectivity index (χ1) is 11.7. The van der Waals surface area contributed by atoms with E-state index in [0.717, 1.165) is 44.0 Å². The SMILES string of the molecule is CCC(=O)N(C)C1CCN(CC2=c3ccc4c(c3=C2)OCO4)CC1.Cl. The van der Waals surface area contributed by atoms with Crippen LogP contribution in [0.3, 0.4) is 0 Å². The third-order valence-corrected chi connectivity index (χ3v) is 5.44. The van der Waals surface area contributed by atoms with Gasteiger partial charge in [-0.1, -0.05) is 13.0 Å². The van der Waals surface area contributed by atoms with Gasteiger partial charge < -0.3 is 14.4 Å². The maximum Gasteiger partial charge on any atom is 0.231 e. The largest absolute Gasteiger partial charge is 0.454 e. The van der Waals surface area contributed by atoms with Crippen molar-refractivity contribution in [3.63, 3.8) is 0 Å². The van der Waals surface area contributed by atoms with E-state index in [9.17, 15) is 4.79 Å². The molecule has 1 aromatic rings. The molecule has 1 aromatic carbocycles. The second-order valence-electron chi connectivity index (χ2n) is 6.80. The molecule has 0 N–H and O–H groups in total. The molecule has 25 heavy (non-hydrogen) atoms. The van der Waals surface area contributed by atoms with Gasteiger partial charge in [-0.3, -0.25) is 9.69 Å². The predicted molar refractivity (Wildman–Crippen MR) is 99.5 cm³/mol. The highest BCUT2D eigenvalue weighted by Gasteiger charge is 2.26. The van der Waals surface area contributed by atoms with Crippen molar-refractivity contribution in [1.82, 2.24) is 9.80 Å². The zero-order chi connectivity index (χ0) is 16.7. The Kier molecular flexibility index (Phi) is 5.25. The average molecular weight is 365 g/mol. The first-order valence-electron chi connectivity index (χ1n) is 8.79. The Bertz CT molecular complexity index is 785. The molecule has 0 spiro atoms. The van der Waals surface area contributed by atoms with Crippen LogP contribution in [0.25, 0.3) is 11.6 Å². The lowest BCUT2D eigenvalue weighted by Gasteiger charge is -2.37. The number of hydrogen-bond acceptors (Lipinski definition) is 4. The molecule has 0 saturated carbocycles. The normalized spacial score (nSPS) is 18.7. The minimum absolute atomic E-state index is 0. The molecule has 0 aromatic heterocycles. The summed E-state index contributed by atoms with van der Waals surface area (Å²) in [5.74, 6) is 2.00. The number of rotatable bonds is 4. The van der Waals surface area contributed by atoms with Gasteiger partial charge >= 0.3 is 0 Å². The van der Waals surface area contributed by atoms with Gasteiger partial charge in [0.25, 0.3) is 0 Å². The number of likely N-dealkylation sites (tertiary alicyclic amines) is 1. The molecule has 1 amide bonds. The molecular weight excluding hydrogens is 340 g/mol. The molecule has 4 rings (SSSR count). The number of fused-ring (bicyclic) bond motifs is 3. The predicted octanol–water partition coefficient (Wildman–Crippen LogP) is 1.11. The summed E-state index contributed by atoms with van der Waals surface area (Å²) < 4.78 is 11.0. The highest BCUT2D eigenvalue weighted by atomic mass is 35.5. The molecule has 2 heterocycles. The number of hydrogen-bond donors (Lipinski definition) is 0. The fourth-order valence-corrected chi connectivity index (χ4v) is 3.88. The Balaban J connectivity index is 0.00000182. The van der Waals surface area contributed by atoms with E-state index in [1.807, 2.05) is 24.9 Å². The number of benzene rings is 1. The molecule has 1 saturated heterocycles. The highest BCUT2D eigenvalue weighted by Crippen LogP contribution is 2.28. The van der Waals surface area contributed by atoms with Gasteiger partial charge in [0, 0.05) is 44.4 Å². The van der Waals surface area contributed by atoms with Crippen molar-refractivity contribution in [1.29, 1.82) is 0 Å². The molecule has 5 nitrogen and oxygen atoms in total. The van der Waals surface area contributed by atoms with Gasteiger partial charge in [0.15, 0.2) is 11.5 Å². The van der Waals surface area contributed by atoms with Crippen LogP contribution in [0.5, 0.6) is 11.5 Å². The third kappa shape index (κ3) is 3.23. The van der Waals surface area contributed by atoms with Gasteiger partial charge in [-0.2, -0.15) is 0 Å². The van der Waals surface area contributed by atoms with Crippen molar-refractivity contribution < 1.29 is 14.3 Å². The van der Waals surface area contributed by atoms with Crippen LogP contribution in [0.2, 0.25) is 0 Å². The molecule has 136 valence electrons. The summed E-state index contributed by atoms with van der Waals surface area (Å²) in [6, 6.07) is 4.54. The first kappa shape index (κ1) is 18.1. The second-order valence-corrected chi connectivity index (χ2v) is 6.80. The lowest BCUT2D eigenvalue weighted by molar-refractivity contribution is -0.132. The number of halogens is 1. The van der Waals surface area contributed by atoms with Crippen LogP contribution in [0.1, 0.15) is 26.2 Å². The smallest absolute Gasteiger partial charge is 0.231 e. The summed E-state index contributed by atoms with van der Waals surface area (Å²) in [5, 5.41) is 2.47. The van der Waals surface area contributed by atoms with Crippen molar-refractivity contribution >= 4 is 30.0 Å². The molecule has 0 bridgehead atoms. The van der Waals surface area contributed by atoms with Gasteiger partial charge in [0.05, 0.1) is 0 Å². The summed E-state index contributed by atoms with van der Waals surface area (Å²) >= 11 is 0. The molecule has 0 unspecified atom stereocenters. The molecule has 1 aliphatic carbocycles. The number of carbonyl (C=O) groups excluding carboxylic acids is 1. The second kappa shape index (κ2) is 7.26. The van der Waals surface area contributed by atoms with Crippen LogP contribution < -0.4 is 19.9 Å². The van der Waals surface area contributed by atoms with E-state index >= 15 is 0 Å². The van der Waals surface area contributed by atoms with Crippen molar-refractivity contribution in [2.24, 2.45) is 0 Å². The summed E-state index contributed by atoms with van der Waals surface area (Å²) in [6.07, 6.45) is 4.94. The summed E-state index contributed by atoms with van der Waals surface area (Å²) in [7, 11) is 1.94. The van der Waals surface area contributed by atoms with Gasteiger partial charge in [-0.25, -0.2) is 0 Å². The fourth-order valence-electron chi connectivity index (χ4n) is 3.88. The van der Waals surface area contributed by atoms with E-state index in [1.54, 1.807) is 0 Å². The quantitative estimate of drug-likeness (QED) is 0.802. The molecule has 6 heteroatoms. The molecule has 1 fully saturated rings. The van der Waals surface area contributed by atoms with Crippen LogP contribution in [0.15, 0.2) is 12.1 Å².